The molecular weight excluding hydrogens is 711 g/mol. The van der Waals surface area contributed by atoms with Gasteiger partial charge in [0.15, 0.2) is 5.75 Å². The van der Waals surface area contributed by atoms with Crippen LogP contribution in [-0.4, -0.2) is 18.8 Å². The lowest BCUT2D eigenvalue weighted by molar-refractivity contribution is 0.318. The van der Waals surface area contributed by atoms with Gasteiger partial charge >= 0.3 is 0 Å². The molecule has 0 amide bonds. The molecule has 10 nitrogen and oxygen atoms in total. The van der Waals surface area contributed by atoms with Crippen LogP contribution in [0.25, 0.3) is 32.3 Å². The van der Waals surface area contributed by atoms with E-state index in [0.29, 0.717) is 40.5 Å². The number of aryl methyl sites for hydroxylation is 1. The maximum Gasteiger partial charge on any atom is 0.150 e. The Labute approximate surface area is 329 Å². The molecule has 0 heterocycles. The van der Waals surface area contributed by atoms with E-state index in [2.05, 4.69) is 42.9 Å². The van der Waals surface area contributed by atoms with Gasteiger partial charge in [0, 0.05) is 33.6 Å². The van der Waals surface area contributed by atoms with Crippen molar-refractivity contribution in [1.29, 1.82) is 0 Å². The van der Waals surface area contributed by atoms with Crippen molar-refractivity contribution >= 4 is 77.8 Å². The lowest BCUT2D eigenvalue weighted by Gasteiger charge is -2.10. The summed E-state index contributed by atoms with van der Waals surface area (Å²) in [5.74, 6) is 1.38. The molecule has 0 aliphatic heterocycles. The number of para-hydroxylation sites is 1. The summed E-state index contributed by atoms with van der Waals surface area (Å²) in [6, 6.07) is 46.8. The van der Waals surface area contributed by atoms with E-state index in [1.54, 1.807) is 19.2 Å². The van der Waals surface area contributed by atoms with Crippen LogP contribution in [0, 0.1) is 6.92 Å². The number of nitrogens with zero attached hydrogens (tertiary/aromatic N) is 6. The molecule has 57 heavy (non-hydrogen) atoms. The summed E-state index contributed by atoms with van der Waals surface area (Å²) in [4.78, 5) is 0. The van der Waals surface area contributed by atoms with E-state index < -0.39 is 0 Å². The molecule has 0 aromatic heterocycles. The zero-order valence-corrected chi connectivity index (χ0v) is 31.7. The van der Waals surface area contributed by atoms with Gasteiger partial charge in [-0.3, -0.25) is 0 Å². The third kappa shape index (κ3) is 8.16. The highest BCUT2D eigenvalue weighted by molar-refractivity contribution is 6.00. The molecule has 0 spiro atoms. The molecule has 0 saturated heterocycles. The van der Waals surface area contributed by atoms with Gasteiger partial charge in [-0.05, 0) is 114 Å². The minimum Gasteiger partial charge on any atom is -0.505 e. The maximum absolute atomic E-state index is 11.1. The Morgan fingerprint density at radius 3 is 1.95 bits per heavy atom. The fourth-order valence-corrected chi connectivity index (χ4v) is 6.51. The Morgan fingerprint density at radius 1 is 0.526 bits per heavy atom. The third-order valence-electron chi connectivity index (χ3n) is 9.48. The molecule has 10 heteroatoms. The summed E-state index contributed by atoms with van der Waals surface area (Å²) in [5.41, 5.74) is 6.34. The molecule has 2 N–H and O–H groups in total. The van der Waals surface area contributed by atoms with Gasteiger partial charge in [0.05, 0.1) is 36.5 Å². The molecular formula is C47H39N7O3. The Bertz CT molecular complexity index is 2840. The van der Waals surface area contributed by atoms with Crippen molar-refractivity contribution in [3.05, 3.63) is 151 Å². The van der Waals surface area contributed by atoms with Crippen LogP contribution >= 0.6 is 0 Å². The molecule has 0 bridgehead atoms. The van der Waals surface area contributed by atoms with Crippen LogP contribution in [-0.2, 0) is 0 Å². The van der Waals surface area contributed by atoms with Crippen LogP contribution < -0.4 is 14.8 Å². The predicted octanol–water partition coefficient (Wildman–Crippen LogP) is 14.9. The van der Waals surface area contributed by atoms with Crippen LogP contribution in [0.15, 0.2) is 176 Å². The molecule has 8 rings (SSSR count). The van der Waals surface area contributed by atoms with E-state index >= 15 is 0 Å². The highest BCUT2D eigenvalue weighted by Crippen LogP contribution is 2.41. The number of fused-ring (bicyclic) bond motifs is 3. The first-order chi connectivity index (χ1) is 27.9. The number of anilines is 2. The molecule has 0 aliphatic rings. The minimum atomic E-state index is 0.0455. The monoisotopic (exact) mass is 749 g/mol. The number of aromatic hydroxyl groups is 1. The number of ether oxygens (including phenoxy) is 2. The van der Waals surface area contributed by atoms with E-state index in [0.717, 1.165) is 67.4 Å². The molecule has 8 aromatic carbocycles. The average molecular weight is 750 g/mol. The summed E-state index contributed by atoms with van der Waals surface area (Å²) in [6.07, 6.45) is 0.964. The molecule has 0 fully saturated rings. The SMILES string of the molecule is CCCOc1ccc2cc(N=Nc3ccc(N=Nc4cc(OC)c(N=Nc5ccc6cc(Nc7ccccc7)ccc6c5O)cc4C)c4ccccc34)ccc2c1. The topological polar surface area (TPSA) is 125 Å². The number of nitrogens with one attached hydrogen (secondary N) is 1. The summed E-state index contributed by atoms with van der Waals surface area (Å²) in [7, 11) is 1.57. The highest BCUT2D eigenvalue weighted by Gasteiger charge is 2.12. The first-order valence-electron chi connectivity index (χ1n) is 18.7. The number of azo groups is 3. The summed E-state index contributed by atoms with van der Waals surface area (Å²) >= 11 is 0. The second kappa shape index (κ2) is 16.5. The minimum absolute atomic E-state index is 0.0455. The Kier molecular flexibility index (Phi) is 10.6. The van der Waals surface area contributed by atoms with E-state index in [9.17, 15) is 5.11 Å². The van der Waals surface area contributed by atoms with Crippen molar-refractivity contribution in [2.45, 2.75) is 20.3 Å². The van der Waals surface area contributed by atoms with Gasteiger partial charge in [-0.2, -0.15) is 10.2 Å². The fourth-order valence-electron chi connectivity index (χ4n) is 6.51. The van der Waals surface area contributed by atoms with Crippen LogP contribution in [0.1, 0.15) is 18.9 Å². The van der Waals surface area contributed by atoms with Gasteiger partial charge in [-0.15, -0.1) is 20.5 Å². The van der Waals surface area contributed by atoms with E-state index in [1.807, 2.05) is 140 Å². The van der Waals surface area contributed by atoms with Crippen molar-refractivity contribution in [1.82, 2.24) is 0 Å². The van der Waals surface area contributed by atoms with Crippen LogP contribution in [0.5, 0.6) is 17.2 Å². The standard InChI is InChI=1S/C47H39N7O3/c1-4-24-57-37-19-15-31-26-36(17-14-32(31)28-37)49-50-41-22-23-42(40-13-9-8-12-39(40)41)51-53-44-29-46(56-3)45(25-30(44)2)54-52-43-21-16-33-27-35(18-20-38(33)47(43)55)48-34-10-6-5-7-11-34/h5-23,25-29,48,55H,4,24H2,1-3H3. The number of hydrogen-bond donors (Lipinski definition) is 2. The zero-order valence-electron chi connectivity index (χ0n) is 31.7. The Morgan fingerprint density at radius 2 is 1.18 bits per heavy atom. The molecule has 0 aliphatic carbocycles. The quantitative estimate of drug-likeness (QED) is 0.121. The summed E-state index contributed by atoms with van der Waals surface area (Å²) in [5, 5.41) is 47.3. The fraction of sp³-hybridized carbons (Fsp3) is 0.106. The number of rotatable bonds is 12. The van der Waals surface area contributed by atoms with Gasteiger partial charge in [0.1, 0.15) is 22.9 Å². The van der Waals surface area contributed by atoms with E-state index in [4.69, 9.17) is 9.47 Å². The highest BCUT2D eigenvalue weighted by atomic mass is 16.5. The van der Waals surface area contributed by atoms with E-state index in [1.165, 1.54) is 0 Å². The van der Waals surface area contributed by atoms with Gasteiger partial charge in [-0.1, -0.05) is 67.6 Å². The average Bonchev–Trinajstić information content (AvgIpc) is 3.24. The van der Waals surface area contributed by atoms with Crippen molar-refractivity contribution < 1.29 is 14.6 Å². The Hall–Kier alpha value is -7.46. The lowest BCUT2D eigenvalue weighted by Crippen LogP contribution is -1.94. The molecule has 0 atom stereocenters. The molecule has 280 valence electrons. The second-order valence-corrected chi connectivity index (χ2v) is 13.5. The number of hydrogen-bond acceptors (Lipinski definition) is 10. The smallest absolute Gasteiger partial charge is 0.150 e. The van der Waals surface area contributed by atoms with Gasteiger partial charge in [0.25, 0.3) is 0 Å². The first-order valence-corrected chi connectivity index (χ1v) is 18.7. The Balaban J connectivity index is 1.00. The third-order valence-corrected chi connectivity index (χ3v) is 9.48. The molecule has 8 aromatic rings. The molecule has 0 saturated carbocycles. The van der Waals surface area contributed by atoms with Crippen molar-refractivity contribution in [2.24, 2.45) is 30.7 Å². The number of phenols is 1. The molecule has 0 unspecified atom stereocenters. The second-order valence-electron chi connectivity index (χ2n) is 13.5. The summed E-state index contributed by atoms with van der Waals surface area (Å²) < 4.78 is 11.5. The van der Waals surface area contributed by atoms with Crippen LogP contribution in [0.4, 0.5) is 45.5 Å². The zero-order chi connectivity index (χ0) is 39.1. The van der Waals surface area contributed by atoms with E-state index in [-0.39, 0.29) is 5.75 Å². The number of methoxy groups -OCH3 is 1. The lowest BCUT2D eigenvalue weighted by atomic mass is 10.1. The largest absolute Gasteiger partial charge is 0.505 e. The van der Waals surface area contributed by atoms with Crippen LogP contribution in [0.3, 0.4) is 0 Å². The van der Waals surface area contributed by atoms with Gasteiger partial charge in [0.2, 0.25) is 0 Å². The van der Waals surface area contributed by atoms with Gasteiger partial charge < -0.3 is 19.9 Å². The first kappa shape index (κ1) is 36.5. The predicted molar refractivity (Wildman–Crippen MR) is 229 cm³/mol. The number of phenolic OH excluding ortho intramolecular Hbond substituents is 1. The van der Waals surface area contributed by atoms with Crippen LogP contribution in [0.2, 0.25) is 0 Å². The summed E-state index contributed by atoms with van der Waals surface area (Å²) in [6.45, 7) is 4.71. The van der Waals surface area contributed by atoms with Crippen molar-refractivity contribution in [2.75, 3.05) is 19.0 Å². The van der Waals surface area contributed by atoms with Crippen molar-refractivity contribution in [3.8, 4) is 17.2 Å². The van der Waals surface area contributed by atoms with Crippen molar-refractivity contribution in [3.63, 3.8) is 0 Å². The molecule has 0 radical (unpaired) electrons. The number of benzene rings is 8. The van der Waals surface area contributed by atoms with Gasteiger partial charge in [-0.25, -0.2) is 0 Å². The normalized spacial score (nSPS) is 11.8. The maximum atomic E-state index is 11.1.